The average Bonchev–Trinajstić information content (AvgIpc) is 2.81. The van der Waals surface area contributed by atoms with Crippen LogP contribution in [0.3, 0.4) is 0 Å². The normalized spacial score (nSPS) is 10.8. The minimum atomic E-state index is -3.95. The number of hydrogen-bond donors (Lipinski definition) is 1. The standard InChI is InChI=1S/C7H5BrN4.C4H7F3/c8-6-3-1-2-5(11-6)7-9-4-10-12-7;1-2-3-4(5,6)7/h1-4H,(H,9,10,12);2-3H2,1H3. The molecule has 0 radical (unpaired) electrons. The van der Waals surface area contributed by atoms with Crippen molar-refractivity contribution in [3.8, 4) is 11.5 Å². The van der Waals surface area contributed by atoms with E-state index in [1.54, 1.807) is 0 Å². The van der Waals surface area contributed by atoms with Gasteiger partial charge < -0.3 is 0 Å². The molecule has 0 bridgehead atoms. The van der Waals surface area contributed by atoms with E-state index in [4.69, 9.17) is 0 Å². The highest BCUT2D eigenvalue weighted by Gasteiger charge is 2.24. The number of halogens is 4. The molecule has 4 nitrogen and oxygen atoms in total. The van der Waals surface area contributed by atoms with Crippen LogP contribution in [0.4, 0.5) is 13.2 Å². The molecular formula is C11H12BrF3N4. The highest BCUT2D eigenvalue weighted by atomic mass is 79.9. The summed E-state index contributed by atoms with van der Waals surface area (Å²) < 4.78 is 34.0. The van der Waals surface area contributed by atoms with Gasteiger partial charge in [0, 0.05) is 6.42 Å². The summed E-state index contributed by atoms with van der Waals surface area (Å²) in [7, 11) is 0. The zero-order valence-corrected chi connectivity index (χ0v) is 11.7. The number of nitrogens with one attached hydrogen (secondary N) is 1. The number of alkyl halides is 3. The molecule has 2 aromatic heterocycles. The lowest BCUT2D eigenvalue weighted by Crippen LogP contribution is -2.04. The van der Waals surface area contributed by atoms with Crippen LogP contribution in [-0.4, -0.2) is 26.3 Å². The molecule has 0 aliphatic heterocycles. The first-order chi connectivity index (χ1) is 8.92. The first-order valence-corrected chi connectivity index (χ1v) is 6.26. The number of aromatic nitrogens is 4. The predicted octanol–water partition coefficient (Wildman–Crippen LogP) is 3.98. The van der Waals surface area contributed by atoms with Crippen LogP contribution in [0, 0.1) is 0 Å². The van der Waals surface area contributed by atoms with Crippen molar-refractivity contribution in [2.75, 3.05) is 0 Å². The molecule has 1 N–H and O–H groups in total. The van der Waals surface area contributed by atoms with Crippen molar-refractivity contribution in [3.63, 3.8) is 0 Å². The lowest BCUT2D eigenvalue weighted by Gasteiger charge is -2.00. The molecule has 2 aromatic rings. The van der Waals surface area contributed by atoms with Crippen molar-refractivity contribution in [2.24, 2.45) is 0 Å². The average molecular weight is 337 g/mol. The largest absolute Gasteiger partial charge is 0.389 e. The minimum Gasteiger partial charge on any atom is -0.258 e. The Morgan fingerprint density at radius 3 is 2.47 bits per heavy atom. The van der Waals surface area contributed by atoms with Gasteiger partial charge in [-0.25, -0.2) is 9.97 Å². The Morgan fingerprint density at radius 2 is 2.05 bits per heavy atom. The van der Waals surface area contributed by atoms with Crippen LogP contribution in [0.15, 0.2) is 29.1 Å². The summed E-state index contributed by atoms with van der Waals surface area (Å²) >= 11 is 3.27. The lowest BCUT2D eigenvalue weighted by molar-refractivity contribution is -0.134. The van der Waals surface area contributed by atoms with E-state index in [0.717, 1.165) is 10.3 Å². The van der Waals surface area contributed by atoms with Gasteiger partial charge in [0.25, 0.3) is 0 Å². The van der Waals surface area contributed by atoms with Crippen LogP contribution in [0.2, 0.25) is 0 Å². The highest BCUT2D eigenvalue weighted by molar-refractivity contribution is 9.10. The van der Waals surface area contributed by atoms with Crippen LogP contribution < -0.4 is 0 Å². The summed E-state index contributed by atoms with van der Waals surface area (Å²) in [6, 6.07) is 5.63. The Bertz CT molecular complexity index is 485. The van der Waals surface area contributed by atoms with Crippen molar-refractivity contribution in [3.05, 3.63) is 29.1 Å². The van der Waals surface area contributed by atoms with Gasteiger partial charge in [0.1, 0.15) is 16.6 Å². The monoisotopic (exact) mass is 336 g/mol. The summed E-state index contributed by atoms with van der Waals surface area (Å²) in [6.45, 7) is 1.51. The van der Waals surface area contributed by atoms with E-state index in [2.05, 4.69) is 36.1 Å². The maximum absolute atomic E-state index is 11.1. The van der Waals surface area contributed by atoms with Crippen molar-refractivity contribution < 1.29 is 13.2 Å². The third kappa shape index (κ3) is 6.32. The van der Waals surface area contributed by atoms with E-state index >= 15 is 0 Å². The molecule has 0 amide bonds. The maximum atomic E-state index is 11.1. The van der Waals surface area contributed by atoms with Gasteiger partial charge in [-0.1, -0.05) is 13.0 Å². The van der Waals surface area contributed by atoms with Crippen LogP contribution in [0.5, 0.6) is 0 Å². The molecule has 0 aliphatic rings. The zero-order chi connectivity index (χ0) is 14.3. The lowest BCUT2D eigenvalue weighted by atomic mass is 10.3. The molecule has 2 rings (SSSR count). The molecular weight excluding hydrogens is 325 g/mol. The highest BCUT2D eigenvalue weighted by Crippen LogP contribution is 2.20. The van der Waals surface area contributed by atoms with Gasteiger partial charge in [0.2, 0.25) is 0 Å². The molecule has 0 aliphatic carbocycles. The Hall–Kier alpha value is -1.44. The molecule has 2 heterocycles. The first kappa shape index (κ1) is 15.6. The topological polar surface area (TPSA) is 54.5 Å². The second-order valence-electron chi connectivity index (χ2n) is 3.54. The summed E-state index contributed by atoms with van der Waals surface area (Å²) in [5.74, 6) is 0.677. The predicted molar refractivity (Wildman–Crippen MR) is 68.3 cm³/mol. The molecule has 104 valence electrons. The van der Waals surface area contributed by atoms with Crippen LogP contribution in [0.25, 0.3) is 11.5 Å². The second-order valence-corrected chi connectivity index (χ2v) is 4.36. The molecule has 0 unspecified atom stereocenters. The van der Waals surface area contributed by atoms with Gasteiger partial charge in [0.05, 0.1) is 0 Å². The molecule has 19 heavy (non-hydrogen) atoms. The summed E-state index contributed by atoms with van der Waals surface area (Å²) in [4.78, 5) is 8.18. The van der Waals surface area contributed by atoms with Gasteiger partial charge in [0.15, 0.2) is 5.82 Å². The van der Waals surface area contributed by atoms with Crippen molar-refractivity contribution >= 4 is 15.9 Å². The number of pyridine rings is 1. The molecule has 0 saturated heterocycles. The second kappa shape index (κ2) is 7.22. The zero-order valence-electron chi connectivity index (χ0n) is 10.1. The molecule has 0 fully saturated rings. The number of rotatable bonds is 2. The van der Waals surface area contributed by atoms with E-state index in [1.807, 2.05) is 18.2 Å². The SMILES string of the molecule is Brc1cccc(-c2ncn[nH]2)n1.CCCC(F)(F)F. The van der Waals surface area contributed by atoms with Crippen molar-refractivity contribution in [1.82, 2.24) is 20.2 Å². The van der Waals surface area contributed by atoms with Gasteiger partial charge >= 0.3 is 6.18 Å². The van der Waals surface area contributed by atoms with E-state index in [0.29, 0.717) is 5.82 Å². The summed E-state index contributed by atoms with van der Waals surface area (Å²) in [5.41, 5.74) is 0.780. The maximum Gasteiger partial charge on any atom is 0.389 e. The fraction of sp³-hybridized carbons (Fsp3) is 0.364. The molecule has 8 heteroatoms. The molecule has 0 saturated carbocycles. The van der Waals surface area contributed by atoms with Gasteiger partial charge in [-0.05, 0) is 34.5 Å². The number of nitrogens with zero attached hydrogens (tertiary/aromatic N) is 3. The minimum absolute atomic E-state index is 0.184. The van der Waals surface area contributed by atoms with Gasteiger partial charge in [-0.3, -0.25) is 5.10 Å². The molecule has 0 aromatic carbocycles. The third-order valence-electron chi connectivity index (χ3n) is 1.91. The number of hydrogen-bond acceptors (Lipinski definition) is 3. The Morgan fingerprint density at radius 1 is 1.32 bits per heavy atom. The fourth-order valence-corrected chi connectivity index (χ4v) is 1.50. The smallest absolute Gasteiger partial charge is 0.258 e. The Labute approximate surface area is 116 Å². The van der Waals surface area contributed by atoms with Gasteiger partial charge in [-0.15, -0.1) is 0 Å². The summed E-state index contributed by atoms with van der Waals surface area (Å²) in [5, 5.41) is 6.47. The summed E-state index contributed by atoms with van der Waals surface area (Å²) in [6.07, 6.45) is -2.97. The number of H-pyrrole nitrogens is 1. The number of aromatic amines is 1. The van der Waals surface area contributed by atoms with E-state index < -0.39 is 12.6 Å². The van der Waals surface area contributed by atoms with E-state index in [1.165, 1.54) is 13.3 Å². The van der Waals surface area contributed by atoms with Crippen LogP contribution in [0.1, 0.15) is 19.8 Å². The fourth-order valence-electron chi connectivity index (χ4n) is 1.15. The quantitative estimate of drug-likeness (QED) is 0.844. The Balaban J connectivity index is 0.000000224. The van der Waals surface area contributed by atoms with Gasteiger partial charge in [-0.2, -0.15) is 18.3 Å². The van der Waals surface area contributed by atoms with E-state index in [9.17, 15) is 13.2 Å². The first-order valence-electron chi connectivity index (χ1n) is 5.47. The van der Waals surface area contributed by atoms with Crippen molar-refractivity contribution in [1.29, 1.82) is 0 Å². The van der Waals surface area contributed by atoms with Crippen LogP contribution in [-0.2, 0) is 0 Å². The molecule has 0 spiro atoms. The van der Waals surface area contributed by atoms with Crippen molar-refractivity contribution in [2.45, 2.75) is 25.9 Å². The van der Waals surface area contributed by atoms with E-state index in [-0.39, 0.29) is 6.42 Å². The third-order valence-corrected chi connectivity index (χ3v) is 2.35. The Kier molecular flexibility index (Phi) is 5.94. The molecule has 0 atom stereocenters. The van der Waals surface area contributed by atoms with Crippen LogP contribution >= 0.6 is 15.9 Å².